The molecule has 0 bridgehead atoms. The molecule has 0 unspecified atom stereocenters. The van der Waals surface area contributed by atoms with Gasteiger partial charge in [-0.25, -0.2) is 4.79 Å². The number of carbonyl (C=O) groups is 1. The number of aromatic amines is 2. The minimum absolute atomic E-state index is 0.118. The Kier molecular flexibility index (Phi) is 3.09. The zero-order chi connectivity index (χ0) is 10.6. The van der Waals surface area contributed by atoms with Gasteiger partial charge in [-0.15, -0.1) is 0 Å². The summed E-state index contributed by atoms with van der Waals surface area (Å²) in [5, 5.41) is 8.44. The molecule has 5 heteroatoms. The largest absolute Gasteiger partial charge is 0.478 e. The summed E-state index contributed by atoms with van der Waals surface area (Å²) in [6.45, 7) is 1.93. The van der Waals surface area contributed by atoms with Crippen molar-refractivity contribution in [3.63, 3.8) is 0 Å². The Labute approximate surface area is 79.1 Å². The number of H-pyrrole nitrogens is 2. The average Bonchev–Trinajstić information content (AvgIpc) is 2.44. The smallest absolute Gasteiger partial charge is 0.336 e. The maximum atomic E-state index is 11.1. The predicted molar refractivity (Wildman–Crippen MR) is 51.0 cm³/mol. The number of nitrogens with one attached hydrogen (secondary N) is 2. The van der Waals surface area contributed by atoms with Gasteiger partial charge >= 0.3 is 5.97 Å². The van der Waals surface area contributed by atoms with Gasteiger partial charge in [0, 0.05) is 0 Å². The Hall–Kier alpha value is -2.00. The van der Waals surface area contributed by atoms with Gasteiger partial charge in [-0.3, -0.25) is 4.79 Å². The summed E-state index contributed by atoms with van der Waals surface area (Å²) >= 11 is 0. The zero-order valence-electron chi connectivity index (χ0n) is 7.63. The summed E-state index contributed by atoms with van der Waals surface area (Å²) in [4.78, 5) is 26.5. The number of hydrogen-bond donors (Lipinski definition) is 3. The Morgan fingerprint density at radius 2 is 2.29 bits per heavy atom. The van der Waals surface area contributed by atoms with Gasteiger partial charge in [0.15, 0.2) is 0 Å². The van der Waals surface area contributed by atoms with Crippen LogP contribution in [0.2, 0.25) is 0 Å². The van der Waals surface area contributed by atoms with Crippen molar-refractivity contribution in [3.05, 3.63) is 27.3 Å². The molecule has 0 saturated heterocycles. The van der Waals surface area contributed by atoms with Gasteiger partial charge in [0.05, 0.1) is 6.08 Å². The Morgan fingerprint density at radius 3 is 2.86 bits per heavy atom. The lowest BCUT2D eigenvalue weighted by Gasteiger charge is -1.73. The van der Waals surface area contributed by atoms with Crippen molar-refractivity contribution in [2.45, 2.75) is 13.3 Å². The van der Waals surface area contributed by atoms with Crippen molar-refractivity contribution in [1.29, 1.82) is 0 Å². The molecule has 74 valence electrons. The highest BCUT2D eigenvalue weighted by molar-refractivity contribution is 5.82. The quantitative estimate of drug-likeness (QED) is 0.523. The normalized spacial score (nSPS) is 11.1. The highest BCUT2D eigenvalue weighted by atomic mass is 16.4. The zero-order valence-corrected chi connectivity index (χ0v) is 7.63. The Bertz CT molecular complexity index is 529. The molecule has 1 rings (SSSR count). The van der Waals surface area contributed by atoms with Gasteiger partial charge in [-0.2, -0.15) is 0 Å². The van der Waals surface area contributed by atoms with Crippen LogP contribution in [0.4, 0.5) is 0 Å². The Balaban J connectivity index is 3.39. The standard InChI is InChI=1S/C9H10N2O3/c1-2-3-7-10-6(9(14)11-7)4-5-8(12)13/h3,5,10H,2H2,1H3,(H,11,14)(H,12,13). The van der Waals surface area contributed by atoms with Crippen molar-refractivity contribution >= 4 is 17.8 Å². The molecule has 0 aliphatic heterocycles. The summed E-state index contributed by atoms with van der Waals surface area (Å²) in [5.41, 5.74) is 2.54. The van der Waals surface area contributed by atoms with E-state index in [0.29, 0.717) is 5.48 Å². The number of rotatable bonds is 2. The molecule has 0 aromatic carbocycles. The van der Waals surface area contributed by atoms with Crippen LogP contribution < -0.4 is 16.4 Å². The second kappa shape index (κ2) is 4.30. The minimum atomic E-state index is -1.14. The van der Waals surface area contributed by atoms with Crippen LogP contribution in [0.1, 0.15) is 13.3 Å². The first kappa shape index (κ1) is 10.1. The minimum Gasteiger partial charge on any atom is -0.478 e. The summed E-state index contributed by atoms with van der Waals surface area (Å²) in [5.74, 6) is -1.14. The molecule has 0 aliphatic rings. The predicted octanol–water partition coefficient (Wildman–Crippen LogP) is -1.09. The van der Waals surface area contributed by atoms with Crippen LogP contribution >= 0.6 is 0 Å². The maximum Gasteiger partial charge on any atom is 0.336 e. The van der Waals surface area contributed by atoms with Crippen molar-refractivity contribution in [3.8, 4) is 0 Å². The first-order valence-electron chi connectivity index (χ1n) is 4.11. The van der Waals surface area contributed by atoms with Crippen LogP contribution in [0.3, 0.4) is 0 Å². The highest BCUT2D eigenvalue weighted by Gasteiger charge is 1.90. The molecular formula is C9H10N2O3. The number of aromatic nitrogens is 2. The van der Waals surface area contributed by atoms with Crippen LogP contribution in [0.15, 0.2) is 10.9 Å². The van der Waals surface area contributed by atoms with E-state index in [4.69, 9.17) is 5.11 Å². The summed E-state index contributed by atoms with van der Waals surface area (Å²) in [7, 11) is 0. The number of aliphatic carboxylic acids is 1. The molecule has 5 nitrogen and oxygen atoms in total. The molecular weight excluding hydrogens is 184 g/mol. The molecule has 1 aromatic rings. The van der Waals surface area contributed by atoms with E-state index >= 15 is 0 Å². The molecule has 0 atom stereocenters. The lowest BCUT2D eigenvalue weighted by Crippen LogP contribution is -2.21. The fourth-order valence-electron chi connectivity index (χ4n) is 0.949. The second-order valence-electron chi connectivity index (χ2n) is 2.61. The topological polar surface area (TPSA) is 85.9 Å². The second-order valence-corrected chi connectivity index (χ2v) is 2.61. The molecule has 0 saturated carbocycles. The summed E-state index contributed by atoms with van der Waals surface area (Å²) in [6, 6.07) is 0. The summed E-state index contributed by atoms with van der Waals surface area (Å²) in [6.07, 6.45) is 3.35. The van der Waals surface area contributed by atoms with Gasteiger partial charge in [-0.1, -0.05) is 12.7 Å². The molecule has 1 aromatic heterocycles. The molecule has 0 fully saturated rings. The third-order valence-corrected chi connectivity index (χ3v) is 1.48. The lowest BCUT2D eigenvalue weighted by atomic mass is 10.5. The van der Waals surface area contributed by atoms with E-state index in [0.717, 1.165) is 12.5 Å². The molecule has 0 aliphatic carbocycles. The van der Waals surface area contributed by atoms with Gasteiger partial charge in [0.2, 0.25) is 0 Å². The first-order valence-corrected chi connectivity index (χ1v) is 4.11. The van der Waals surface area contributed by atoms with Crippen molar-refractivity contribution in [2.24, 2.45) is 0 Å². The molecule has 0 amide bonds. The van der Waals surface area contributed by atoms with Crippen LogP contribution in [-0.4, -0.2) is 21.0 Å². The van der Waals surface area contributed by atoms with Crippen molar-refractivity contribution in [1.82, 2.24) is 9.97 Å². The summed E-state index contributed by atoms with van der Waals surface area (Å²) < 4.78 is 0. The van der Waals surface area contributed by atoms with Crippen molar-refractivity contribution in [2.75, 3.05) is 0 Å². The number of imidazole rings is 1. The van der Waals surface area contributed by atoms with E-state index in [1.807, 2.05) is 6.92 Å². The molecule has 14 heavy (non-hydrogen) atoms. The van der Waals surface area contributed by atoms with E-state index in [-0.39, 0.29) is 10.9 Å². The van der Waals surface area contributed by atoms with Crippen LogP contribution in [-0.2, 0) is 4.79 Å². The fraction of sp³-hybridized carbons (Fsp3) is 0.222. The van der Waals surface area contributed by atoms with Crippen LogP contribution in [0.5, 0.6) is 0 Å². The SMILES string of the molecule is CCC=c1[nH]c(=O)c(=C=CC(=O)O)[nH]1. The number of carboxylic acid groups (broad SMARTS) is 1. The Morgan fingerprint density at radius 1 is 1.57 bits per heavy atom. The first-order chi connectivity index (χ1) is 6.63. The van der Waals surface area contributed by atoms with Gasteiger partial charge in [0.1, 0.15) is 10.8 Å². The van der Waals surface area contributed by atoms with Gasteiger partial charge in [-0.05, 0) is 12.5 Å². The average molecular weight is 194 g/mol. The molecule has 0 spiro atoms. The molecule has 0 radical (unpaired) electrons. The van der Waals surface area contributed by atoms with Gasteiger partial charge < -0.3 is 15.1 Å². The van der Waals surface area contributed by atoms with E-state index in [1.54, 1.807) is 6.08 Å². The van der Waals surface area contributed by atoms with Crippen molar-refractivity contribution < 1.29 is 9.90 Å². The van der Waals surface area contributed by atoms with Crippen LogP contribution in [0.25, 0.3) is 11.8 Å². The van der Waals surface area contributed by atoms with Gasteiger partial charge in [0.25, 0.3) is 5.56 Å². The third-order valence-electron chi connectivity index (χ3n) is 1.48. The van der Waals surface area contributed by atoms with Crippen LogP contribution in [0, 0.1) is 0 Å². The van der Waals surface area contributed by atoms with E-state index in [1.165, 1.54) is 0 Å². The highest BCUT2D eigenvalue weighted by Crippen LogP contribution is 1.70. The fourth-order valence-corrected chi connectivity index (χ4v) is 0.949. The maximum absolute atomic E-state index is 11.1. The number of hydrogen-bond acceptors (Lipinski definition) is 2. The van der Waals surface area contributed by atoms with E-state index in [2.05, 4.69) is 15.7 Å². The number of carboxylic acids is 1. The lowest BCUT2D eigenvalue weighted by molar-refractivity contribution is -0.131. The molecule has 1 heterocycles. The monoisotopic (exact) mass is 194 g/mol. The third kappa shape index (κ3) is 2.50. The van der Waals surface area contributed by atoms with E-state index in [9.17, 15) is 9.59 Å². The van der Waals surface area contributed by atoms with E-state index < -0.39 is 5.97 Å². The molecule has 3 N–H and O–H groups in total.